The van der Waals surface area contributed by atoms with Crippen molar-refractivity contribution in [2.45, 2.75) is 12.5 Å². The van der Waals surface area contributed by atoms with Crippen molar-refractivity contribution < 1.29 is 17.9 Å². The fraction of sp³-hybridized carbons (Fsp3) is 0.267. The van der Waals surface area contributed by atoms with Gasteiger partial charge < -0.3 is 14.6 Å². The van der Waals surface area contributed by atoms with Gasteiger partial charge in [0.2, 0.25) is 0 Å². The summed E-state index contributed by atoms with van der Waals surface area (Å²) in [6.07, 6.45) is 3.65. The van der Waals surface area contributed by atoms with Crippen molar-refractivity contribution in [3.8, 4) is 11.4 Å². The van der Waals surface area contributed by atoms with Gasteiger partial charge >= 0.3 is 6.09 Å². The molecule has 1 N–H and O–H groups in total. The fourth-order valence-electron chi connectivity index (χ4n) is 2.40. The lowest BCUT2D eigenvalue weighted by molar-refractivity contribution is 0.197. The van der Waals surface area contributed by atoms with Gasteiger partial charge in [0.1, 0.15) is 5.75 Å². The summed E-state index contributed by atoms with van der Waals surface area (Å²) < 4.78 is 29.8. The molecule has 1 amide bonds. The third kappa shape index (κ3) is 3.48. The van der Waals surface area contributed by atoms with Gasteiger partial charge in [-0.05, 0) is 42.8 Å². The number of amides is 1. The minimum Gasteiger partial charge on any atom is -0.410 e. The Balaban J connectivity index is 1.58. The maximum atomic E-state index is 11.8. The van der Waals surface area contributed by atoms with Crippen LogP contribution in [0.5, 0.6) is 5.75 Å². The summed E-state index contributed by atoms with van der Waals surface area (Å²) in [7, 11) is -3.02. The number of rotatable bonds is 3. The first-order valence-electron chi connectivity index (χ1n) is 6.94. The van der Waals surface area contributed by atoms with Gasteiger partial charge in [-0.2, -0.15) is 0 Å². The molecule has 0 bridgehead atoms. The van der Waals surface area contributed by atoms with E-state index in [-0.39, 0.29) is 17.5 Å². The van der Waals surface area contributed by atoms with E-state index < -0.39 is 15.9 Å². The molecule has 1 fully saturated rings. The lowest BCUT2D eigenvalue weighted by atomic mass is 10.3. The monoisotopic (exact) mass is 320 g/mol. The molecule has 0 unspecified atom stereocenters. The second-order valence-corrected chi connectivity index (χ2v) is 7.45. The summed E-state index contributed by atoms with van der Waals surface area (Å²) in [6, 6.07) is 10.5. The SMILES string of the molecule is O=C(N[C@@H]1CCS(=O)(=O)C1)Oc1ccc(-n2cccc2)cc1. The molecule has 2 heterocycles. The third-order valence-corrected chi connectivity index (χ3v) is 5.27. The highest BCUT2D eigenvalue weighted by molar-refractivity contribution is 7.91. The second kappa shape index (κ2) is 5.84. The quantitative estimate of drug-likeness (QED) is 0.934. The predicted molar refractivity (Wildman–Crippen MR) is 82.0 cm³/mol. The molecular formula is C15H16N2O4S. The zero-order valence-corrected chi connectivity index (χ0v) is 12.6. The molecule has 3 rings (SSSR count). The van der Waals surface area contributed by atoms with Crippen LogP contribution in [0.25, 0.3) is 5.69 Å². The molecule has 6 nitrogen and oxygen atoms in total. The Labute approximate surface area is 128 Å². The maximum Gasteiger partial charge on any atom is 0.412 e. The Hall–Kier alpha value is -2.28. The fourth-order valence-corrected chi connectivity index (χ4v) is 4.08. The van der Waals surface area contributed by atoms with Crippen LogP contribution >= 0.6 is 0 Å². The number of hydrogen-bond donors (Lipinski definition) is 1. The third-order valence-electron chi connectivity index (χ3n) is 3.50. The smallest absolute Gasteiger partial charge is 0.410 e. The number of nitrogens with zero attached hydrogens (tertiary/aromatic N) is 1. The topological polar surface area (TPSA) is 77.4 Å². The van der Waals surface area contributed by atoms with Gasteiger partial charge in [-0.25, -0.2) is 13.2 Å². The van der Waals surface area contributed by atoms with E-state index in [1.165, 1.54) is 0 Å². The van der Waals surface area contributed by atoms with Crippen LogP contribution in [-0.2, 0) is 9.84 Å². The molecule has 7 heteroatoms. The lowest BCUT2D eigenvalue weighted by Crippen LogP contribution is -2.37. The van der Waals surface area contributed by atoms with Gasteiger partial charge in [0.05, 0.1) is 11.5 Å². The first-order valence-corrected chi connectivity index (χ1v) is 8.76. The summed E-state index contributed by atoms with van der Waals surface area (Å²) in [5, 5.41) is 2.58. The van der Waals surface area contributed by atoms with Crippen LogP contribution in [0.1, 0.15) is 6.42 Å². The van der Waals surface area contributed by atoms with Crippen LogP contribution in [0.3, 0.4) is 0 Å². The minimum atomic E-state index is -3.02. The normalized spacial score (nSPS) is 19.7. The molecule has 22 heavy (non-hydrogen) atoms. The Morgan fingerprint density at radius 2 is 1.86 bits per heavy atom. The zero-order chi connectivity index (χ0) is 15.6. The van der Waals surface area contributed by atoms with E-state index in [2.05, 4.69) is 5.32 Å². The zero-order valence-electron chi connectivity index (χ0n) is 11.8. The minimum absolute atomic E-state index is 0.0192. The molecule has 2 aromatic rings. The van der Waals surface area contributed by atoms with E-state index in [4.69, 9.17) is 4.74 Å². The number of sulfone groups is 1. The van der Waals surface area contributed by atoms with Crippen LogP contribution in [0.4, 0.5) is 4.79 Å². The molecule has 0 aliphatic carbocycles. The van der Waals surface area contributed by atoms with Crippen molar-refractivity contribution in [1.82, 2.24) is 9.88 Å². The molecule has 1 aromatic carbocycles. The maximum absolute atomic E-state index is 11.8. The number of nitrogens with one attached hydrogen (secondary N) is 1. The van der Waals surface area contributed by atoms with Gasteiger partial charge in [0.25, 0.3) is 0 Å². The largest absolute Gasteiger partial charge is 0.412 e. The molecule has 0 saturated carbocycles. The number of ether oxygens (including phenoxy) is 1. The van der Waals surface area contributed by atoms with Crippen LogP contribution < -0.4 is 10.1 Å². The number of benzene rings is 1. The molecule has 1 aromatic heterocycles. The summed E-state index contributed by atoms with van der Waals surface area (Å²) in [4.78, 5) is 11.8. The average Bonchev–Trinajstić information content (AvgIpc) is 3.09. The Kier molecular flexibility index (Phi) is 3.89. The van der Waals surface area contributed by atoms with Crippen LogP contribution in [-0.4, -0.2) is 36.6 Å². The molecular weight excluding hydrogens is 304 g/mol. The van der Waals surface area contributed by atoms with E-state index in [1.807, 2.05) is 41.2 Å². The van der Waals surface area contributed by atoms with Gasteiger partial charge in [-0.3, -0.25) is 0 Å². The number of hydrogen-bond acceptors (Lipinski definition) is 4. The highest BCUT2D eigenvalue weighted by atomic mass is 32.2. The van der Waals surface area contributed by atoms with Crippen LogP contribution in [0, 0.1) is 0 Å². The van der Waals surface area contributed by atoms with E-state index in [9.17, 15) is 13.2 Å². The van der Waals surface area contributed by atoms with Gasteiger partial charge in [0, 0.05) is 24.1 Å². The van der Waals surface area contributed by atoms with Crippen molar-refractivity contribution in [2.75, 3.05) is 11.5 Å². The average molecular weight is 320 g/mol. The van der Waals surface area contributed by atoms with Crippen molar-refractivity contribution in [2.24, 2.45) is 0 Å². The van der Waals surface area contributed by atoms with Crippen molar-refractivity contribution in [1.29, 1.82) is 0 Å². The van der Waals surface area contributed by atoms with E-state index in [1.54, 1.807) is 12.1 Å². The van der Waals surface area contributed by atoms with Gasteiger partial charge in [0.15, 0.2) is 9.84 Å². The van der Waals surface area contributed by atoms with Crippen molar-refractivity contribution in [3.05, 3.63) is 48.8 Å². The van der Waals surface area contributed by atoms with E-state index in [0.717, 1.165) is 5.69 Å². The van der Waals surface area contributed by atoms with Crippen molar-refractivity contribution >= 4 is 15.9 Å². The molecule has 1 aliphatic rings. The van der Waals surface area contributed by atoms with Crippen LogP contribution in [0.15, 0.2) is 48.8 Å². The van der Waals surface area contributed by atoms with Gasteiger partial charge in [-0.15, -0.1) is 0 Å². The first-order chi connectivity index (χ1) is 10.5. The molecule has 1 aliphatic heterocycles. The molecule has 0 spiro atoms. The van der Waals surface area contributed by atoms with Crippen LogP contribution in [0.2, 0.25) is 0 Å². The molecule has 0 radical (unpaired) electrons. The standard InChI is InChI=1S/C15H16N2O4S/c18-15(16-12-7-10-22(19,20)11-12)21-14-5-3-13(4-6-14)17-8-1-2-9-17/h1-6,8-9,12H,7,10-11H2,(H,16,18)/t12-/m1/s1. The number of carbonyl (C=O) groups is 1. The lowest BCUT2D eigenvalue weighted by Gasteiger charge is -2.11. The first kappa shape index (κ1) is 14.6. The number of carbonyl (C=O) groups excluding carboxylic acids is 1. The van der Waals surface area contributed by atoms with E-state index in [0.29, 0.717) is 12.2 Å². The summed E-state index contributed by atoms with van der Waals surface area (Å²) >= 11 is 0. The molecule has 116 valence electrons. The summed E-state index contributed by atoms with van der Waals surface area (Å²) in [5.74, 6) is 0.507. The molecule has 1 saturated heterocycles. The Morgan fingerprint density at radius 1 is 1.18 bits per heavy atom. The summed E-state index contributed by atoms with van der Waals surface area (Å²) in [5.41, 5.74) is 0.958. The Bertz CT molecular complexity index is 751. The summed E-state index contributed by atoms with van der Waals surface area (Å²) in [6.45, 7) is 0. The van der Waals surface area contributed by atoms with E-state index >= 15 is 0 Å². The second-order valence-electron chi connectivity index (χ2n) is 5.22. The van der Waals surface area contributed by atoms with Gasteiger partial charge in [-0.1, -0.05) is 0 Å². The predicted octanol–water partition coefficient (Wildman–Crippen LogP) is 1.75. The molecule has 1 atom stereocenters. The Morgan fingerprint density at radius 3 is 2.45 bits per heavy atom. The van der Waals surface area contributed by atoms with Crippen molar-refractivity contribution in [3.63, 3.8) is 0 Å². The number of aromatic nitrogens is 1. The highest BCUT2D eigenvalue weighted by Crippen LogP contribution is 2.16. The highest BCUT2D eigenvalue weighted by Gasteiger charge is 2.29.